The number of carboxylic acid groups (broad SMARTS) is 1. The molecule has 2 N–H and O–H groups in total. The number of ether oxygens (including phenoxy) is 1. The van der Waals surface area contributed by atoms with Gasteiger partial charge in [-0.25, -0.2) is 9.78 Å². The van der Waals surface area contributed by atoms with Gasteiger partial charge >= 0.3 is 5.97 Å². The van der Waals surface area contributed by atoms with Gasteiger partial charge in [0, 0.05) is 7.05 Å². The van der Waals surface area contributed by atoms with Gasteiger partial charge in [0.2, 0.25) is 0 Å². The van der Waals surface area contributed by atoms with Gasteiger partial charge in [-0.1, -0.05) is 18.2 Å². The van der Waals surface area contributed by atoms with E-state index in [0.29, 0.717) is 15.6 Å². The van der Waals surface area contributed by atoms with E-state index >= 15 is 0 Å². The fraction of sp³-hybridized carbons (Fsp3) is 0.188. The summed E-state index contributed by atoms with van der Waals surface area (Å²) in [6.45, 7) is 1.47. The lowest BCUT2D eigenvalue weighted by Crippen LogP contribution is -2.22. The summed E-state index contributed by atoms with van der Waals surface area (Å²) < 4.78 is 5.32. The van der Waals surface area contributed by atoms with Crippen LogP contribution in [0.25, 0.3) is 12.2 Å². The highest BCUT2D eigenvalue weighted by Crippen LogP contribution is 2.19. The van der Waals surface area contributed by atoms with Crippen LogP contribution in [-0.2, 0) is 4.79 Å². The SMILES string of the molecule is CNC(=O)c1cnc(/C=C\c2cccc(O[C@@H](C)C(=O)O)c2)s1. The molecule has 0 aliphatic rings. The number of amides is 1. The number of rotatable bonds is 6. The van der Waals surface area contributed by atoms with Crippen molar-refractivity contribution in [2.24, 2.45) is 0 Å². The standard InChI is InChI=1S/C16H16N2O4S/c1-10(16(20)21)22-12-5-3-4-11(8-12)6-7-14-18-9-13(23-14)15(19)17-2/h3-10H,1-2H3,(H,17,19)(H,20,21)/b7-6-/t10-/m0/s1. The van der Waals surface area contributed by atoms with E-state index in [-0.39, 0.29) is 5.91 Å². The molecule has 2 rings (SSSR count). The lowest BCUT2D eigenvalue weighted by Gasteiger charge is -2.10. The summed E-state index contributed by atoms with van der Waals surface area (Å²) in [6, 6.07) is 7.08. The third-order valence-corrected chi connectivity index (χ3v) is 3.87. The number of carboxylic acids is 1. The first-order chi connectivity index (χ1) is 11.0. The summed E-state index contributed by atoms with van der Waals surface area (Å²) in [5, 5.41) is 12.1. The Balaban J connectivity index is 2.09. The number of carbonyl (C=O) groups is 2. The predicted molar refractivity (Wildman–Crippen MR) is 88.6 cm³/mol. The van der Waals surface area contributed by atoms with Gasteiger partial charge in [0.25, 0.3) is 5.91 Å². The smallest absolute Gasteiger partial charge is 0.344 e. The zero-order valence-electron chi connectivity index (χ0n) is 12.6. The summed E-state index contributed by atoms with van der Waals surface area (Å²) in [7, 11) is 1.57. The van der Waals surface area contributed by atoms with Crippen LogP contribution in [0.2, 0.25) is 0 Å². The van der Waals surface area contributed by atoms with Gasteiger partial charge in [0.15, 0.2) is 6.10 Å². The second-order valence-electron chi connectivity index (χ2n) is 4.65. The van der Waals surface area contributed by atoms with E-state index in [1.165, 1.54) is 24.5 Å². The molecule has 1 heterocycles. The lowest BCUT2D eigenvalue weighted by molar-refractivity contribution is -0.144. The van der Waals surface area contributed by atoms with E-state index < -0.39 is 12.1 Å². The monoisotopic (exact) mass is 332 g/mol. The average molecular weight is 332 g/mol. The maximum absolute atomic E-state index is 11.5. The van der Waals surface area contributed by atoms with Gasteiger partial charge in [-0.3, -0.25) is 4.79 Å². The molecule has 23 heavy (non-hydrogen) atoms. The van der Waals surface area contributed by atoms with Crippen LogP contribution < -0.4 is 10.1 Å². The molecule has 1 aromatic heterocycles. The summed E-state index contributed by atoms with van der Waals surface area (Å²) in [4.78, 5) is 27.0. The Morgan fingerprint density at radius 1 is 1.39 bits per heavy atom. The molecule has 0 aliphatic heterocycles. The van der Waals surface area contributed by atoms with Crippen LogP contribution in [0.4, 0.5) is 0 Å². The van der Waals surface area contributed by atoms with Crippen molar-refractivity contribution in [3.05, 3.63) is 45.9 Å². The Hall–Kier alpha value is -2.67. The molecule has 0 bridgehead atoms. The normalized spacial score (nSPS) is 12.1. The Kier molecular flexibility index (Phi) is 5.48. The van der Waals surface area contributed by atoms with Crippen molar-refractivity contribution in [2.75, 3.05) is 7.05 Å². The molecule has 2 aromatic rings. The summed E-state index contributed by atoms with van der Waals surface area (Å²) in [5.41, 5.74) is 0.844. The van der Waals surface area contributed by atoms with E-state index in [0.717, 1.165) is 5.56 Å². The van der Waals surface area contributed by atoms with Gasteiger partial charge in [-0.2, -0.15) is 0 Å². The van der Waals surface area contributed by atoms with Gasteiger partial charge in [-0.05, 0) is 30.7 Å². The highest BCUT2D eigenvalue weighted by atomic mass is 32.1. The second kappa shape index (κ2) is 7.55. The fourth-order valence-electron chi connectivity index (χ4n) is 1.71. The third kappa shape index (κ3) is 4.65. The van der Waals surface area contributed by atoms with Crippen LogP contribution in [0.3, 0.4) is 0 Å². The van der Waals surface area contributed by atoms with Gasteiger partial charge in [0.1, 0.15) is 15.6 Å². The van der Waals surface area contributed by atoms with Crippen LogP contribution in [0.1, 0.15) is 27.2 Å². The van der Waals surface area contributed by atoms with E-state index in [4.69, 9.17) is 9.84 Å². The van der Waals surface area contributed by atoms with E-state index in [1.54, 1.807) is 31.3 Å². The minimum absolute atomic E-state index is 0.166. The highest BCUT2D eigenvalue weighted by Gasteiger charge is 2.12. The quantitative estimate of drug-likeness (QED) is 0.848. The van der Waals surface area contributed by atoms with Gasteiger partial charge < -0.3 is 15.2 Å². The Morgan fingerprint density at radius 3 is 2.87 bits per heavy atom. The molecule has 0 aliphatic carbocycles. The number of aromatic nitrogens is 1. The van der Waals surface area contributed by atoms with E-state index in [9.17, 15) is 9.59 Å². The molecule has 6 nitrogen and oxygen atoms in total. The molecule has 120 valence electrons. The van der Waals surface area contributed by atoms with Crippen molar-refractivity contribution < 1.29 is 19.4 Å². The van der Waals surface area contributed by atoms with Crippen molar-refractivity contribution in [1.29, 1.82) is 0 Å². The minimum Gasteiger partial charge on any atom is -0.479 e. The second-order valence-corrected chi connectivity index (χ2v) is 5.71. The Labute approximate surface area is 137 Å². The minimum atomic E-state index is -1.02. The van der Waals surface area contributed by atoms with E-state index in [1.807, 2.05) is 12.1 Å². The van der Waals surface area contributed by atoms with Crippen LogP contribution >= 0.6 is 11.3 Å². The summed E-state index contributed by atoms with van der Waals surface area (Å²) in [5.74, 6) is -0.706. The lowest BCUT2D eigenvalue weighted by atomic mass is 10.2. The molecule has 0 spiro atoms. The Bertz CT molecular complexity index is 739. The third-order valence-electron chi connectivity index (χ3n) is 2.91. The van der Waals surface area contributed by atoms with Crippen LogP contribution in [0.15, 0.2) is 30.5 Å². The molecule has 1 amide bonds. The molecular weight excluding hydrogens is 316 g/mol. The zero-order chi connectivity index (χ0) is 16.8. The molecule has 1 aromatic carbocycles. The molecule has 0 unspecified atom stereocenters. The number of benzene rings is 1. The number of aliphatic carboxylic acids is 1. The molecule has 1 atom stereocenters. The first-order valence-electron chi connectivity index (χ1n) is 6.85. The molecule has 0 saturated heterocycles. The van der Waals surface area contributed by atoms with Crippen molar-refractivity contribution in [3.63, 3.8) is 0 Å². The zero-order valence-corrected chi connectivity index (χ0v) is 13.5. The average Bonchev–Trinajstić information content (AvgIpc) is 3.01. The van der Waals surface area contributed by atoms with Gasteiger partial charge in [0.05, 0.1) is 6.20 Å². The number of thiazole rings is 1. The fourth-order valence-corrected chi connectivity index (χ4v) is 2.47. The molecule has 0 radical (unpaired) electrons. The molecule has 7 heteroatoms. The molecular formula is C16H16N2O4S. The van der Waals surface area contributed by atoms with Crippen molar-refractivity contribution >= 4 is 35.4 Å². The number of hydrogen-bond donors (Lipinski definition) is 2. The Morgan fingerprint density at radius 2 is 2.17 bits per heavy atom. The molecule has 0 saturated carbocycles. The first-order valence-corrected chi connectivity index (χ1v) is 7.66. The van der Waals surface area contributed by atoms with Gasteiger partial charge in [-0.15, -0.1) is 11.3 Å². The number of nitrogens with zero attached hydrogens (tertiary/aromatic N) is 1. The molecule has 0 fully saturated rings. The number of nitrogens with one attached hydrogen (secondary N) is 1. The van der Waals surface area contributed by atoms with E-state index in [2.05, 4.69) is 10.3 Å². The summed E-state index contributed by atoms with van der Waals surface area (Å²) in [6.07, 6.45) is 4.22. The predicted octanol–water partition coefficient (Wildman–Crippen LogP) is 2.53. The van der Waals surface area contributed by atoms with Crippen LogP contribution in [0.5, 0.6) is 5.75 Å². The van der Waals surface area contributed by atoms with Crippen LogP contribution in [-0.4, -0.2) is 35.1 Å². The summed E-state index contributed by atoms with van der Waals surface area (Å²) >= 11 is 1.28. The van der Waals surface area contributed by atoms with Crippen LogP contribution in [0, 0.1) is 0 Å². The van der Waals surface area contributed by atoms with Crippen molar-refractivity contribution in [3.8, 4) is 5.75 Å². The maximum atomic E-state index is 11.5. The first kappa shape index (κ1) is 16.7. The van der Waals surface area contributed by atoms with Crippen molar-refractivity contribution in [1.82, 2.24) is 10.3 Å². The highest BCUT2D eigenvalue weighted by molar-refractivity contribution is 7.14. The number of hydrogen-bond acceptors (Lipinski definition) is 5. The maximum Gasteiger partial charge on any atom is 0.344 e. The van der Waals surface area contributed by atoms with Crippen molar-refractivity contribution in [2.45, 2.75) is 13.0 Å². The largest absolute Gasteiger partial charge is 0.479 e. The topological polar surface area (TPSA) is 88.5 Å². The number of carbonyl (C=O) groups excluding carboxylic acids is 1.